The van der Waals surface area contributed by atoms with Crippen LogP contribution < -0.4 is 5.32 Å². The lowest BCUT2D eigenvalue weighted by Crippen LogP contribution is -2.36. The Morgan fingerprint density at radius 3 is 2.10 bits per heavy atom. The van der Waals surface area contributed by atoms with Gasteiger partial charge in [-0.3, -0.25) is 0 Å². The van der Waals surface area contributed by atoms with Crippen LogP contribution in [-0.4, -0.2) is 12.6 Å². The van der Waals surface area contributed by atoms with Gasteiger partial charge in [0.15, 0.2) is 0 Å². The van der Waals surface area contributed by atoms with Gasteiger partial charge >= 0.3 is 0 Å². The first-order valence-electron chi connectivity index (χ1n) is 4.17. The molecule has 0 aliphatic carbocycles. The van der Waals surface area contributed by atoms with Crippen molar-refractivity contribution in [1.29, 1.82) is 0 Å². The van der Waals surface area contributed by atoms with Gasteiger partial charge in [-0.2, -0.15) is 0 Å². The Morgan fingerprint density at radius 1 is 1.30 bits per heavy atom. The maximum absolute atomic E-state index is 3.30. The summed E-state index contributed by atoms with van der Waals surface area (Å²) in [5, 5.41) is 3.30. The Kier molecular flexibility index (Phi) is 3.95. The lowest BCUT2D eigenvalue weighted by atomic mass is 9.94. The Hall–Kier alpha value is -0.0400. The van der Waals surface area contributed by atoms with Crippen molar-refractivity contribution in [3.05, 3.63) is 0 Å². The topological polar surface area (TPSA) is 12.0 Å². The Labute approximate surface area is 65.2 Å². The summed E-state index contributed by atoms with van der Waals surface area (Å²) in [5.41, 5.74) is 0.324. The fourth-order valence-electron chi connectivity index (χ4n) is 0.775. The van der Waals surface area contributed by atoms with Gasteiger partial charge in [-0.15, -0.1) is 0 Å². The third-order valence-corrected chi connectivity index (χ3v) is 2.02. The summed E-state index contributed by atoms with van der Waals surface area (Å²) in [6.07, 6.45) is 2.58. The van der Waals surface area contributed by atoms with Crippen LogP contribution in [0.3, 0.4) is 0 Å². The van der Waals surface area contributed by atoms with E-state index >= 15 is 0 Å². The fraction of sp³-hybridized carbons (Fsp3) is 1.00. The van der Waals surface area contributed by atoms with E-state index in [9.17, 15) is 0 Å². The molecule has 0 bridgehead atoms. The van der Waals surface area contributed by atoms with Crippen LogP contribution in [-0.2, 0) is 0 Å². The molecule has 0 rings (SSSR count). The van der Waals surface area contributed by atoms with Crippen molar-refractivity contribution in [3.63, 3.8) is 0 Å². The van der Waals surface area contributed by atoms with Crippen LogP contribution in [0.2, 0.25) is 0 Å². The Balaban J connectivity index is 3.46. The van der Waals surface area contributed by atoms with E-state index in [1.54, 1.807) is 0 Å². The minimum absolute atomic E-state index is 0.324. The molecule has 0 aromatic heterocycles. The quantitative estimate of drug-likeness (QED) is 0.637. The van der Waals surface area contributed by atoms with Crippen LogP contribution in [0.25, 0.3) is 0 Å². The van der Waals surface area contributed by atoms with E-state index in [0.717, 1.165) is 5.92 Å². The summed E-state index contributed by atoms with van der Waals surface area (Å²) in [6.45, 7) is 9.03. The van der Waals surface area contributed by atoms with E-state index in [2.05, 4.69) is 33.0 Å². The van der Waals surface area contributed by atoms with E-state index in [1.807, 2.05) is 7.05 Å². The van der Waals surface area contributed by atoms with Crippen molar-refractivity contribution in [2.24, 2.45) is 5.92 Å². The highest BCUT2D eigenvalue weighted by Gasteiger charge is 2.13. The molecule has 0 aliphatic heterocycles. The van der Waals surface area contributed by atoms with Gasteiger partial charge in [-0.05, 0) is 39.7 Å². The smallest absolute Gasteiger partial charge is 0.0122 e. The standard InChI is InChI=1S/C9H21N/c1-8(2)6-7-9(3,4)10-5/h8,10H,6-7H2,1-5H3. The average molecular weight is 143 g/mol. The van der Waals surface area contributed by atoms with Crippen LogP contribution in [0.5, 0.6) is 0 Å². The second-order valence-electron chi connectivity index (χ2n) is 4.07. The van der Waals surface area contributed by atoms with Crippen LogP contribution in [0.15, 0.2) is 0 Å². The summed E-state index contributed by atoms with van der Waals surface area (Å²) >= 11 is 0. The first-order valence-corrected chi connectivity index (χ1v) is 4.17. The van der Waals surface area contributed by atoms with Crippen LogP contribution in [0, 0.1) is 5.92 Å². The zero-order valence-electron chi connectivity index (χ0n) is 7.99. The summed E-state index contributed by atoms with van der Waals surface area (Å²) in [6, 6.07) is 0. The highest BCUT2D eigenvalue weighted by atomic mass is 14.9. The van der Waals surface area contributed by atoms with Gasteiger partial charge < -0.3 is 5.32 Å². The minimum Gasteiger partial charge on any atom is -0.315 e. The molecule has 0 radical (unpaired) electrons. The van der Waals surface area contributed by atoms with Crippen molar-refractivity contribution < 1.29 is 0 Å². The fourth-order valence-corrected chi connectivity index (χ4v) is 0.775. The summed E-state index contributed by atoms with van der Waals surface area (Å²) in [7, 11) is 2.03. The predicted octanol–water partition coefficient (Wildman–Crippen LogP) is 2.42. The molecule has 0 spiro atoms. The molecule has 0 aromatic carbocycles. The van der Waals surface area contributed by atoms with E-state index < -0.39 is 0 Å². The van der Waals surface area contributed by atoms with Crippen molar-refractivity contribution in [2.75, 3.05) is 7.05 Å². The van der Waals surface area contributed by atoms with Crippen LogP contribution >= 0.6 is 0 Å². The van der Waals surface area contributed by atoms with E-state index in [0.29, 0.717) is 5.54 Å². The largest absolute Gasteiger partial charge is 0.315 e. The summed E-state index contributed by atoms with van der Waals surface area (Å²) in [5.74, 6) is 0.827. The number of rotatable bonds is 4. The molecule has 0 amide bonds. The first-order chi connectivity index (χ1) is 4.48. The average Bonchev–Trinajstić information content (AvgIpc) is 1.85. The SMILES string of the molecule is CNC(C)(C)CCC(C)C. The van der Waals surface area contributed by atoms with Crippen molar-refractivity contribution in [3.8, 4) is 0 Å². The van der Waals surface area contributed by atoms with Gasteiger partial charge in [0, 0.05) is 5.54 Å². The third kappa shape index (κ3) is 4.80. The van der Waals surface area contributed by atoms with Crippen molar-refractivity contribution in [1.82, 2.24) is 5.32 Å². The maximum atomic E-state index is 3.30. The molecule has 0 saturated heterocycles. The van der Waals surface area contributed by atoms with E-state index in [4.69, 9.17) is 0 Å². The van der Waals surface area contributed by atoms with Gasteiger partial charge in [0.25, 0.3) is 0 Å². The second-order valence-corrected chi connectivity index (χ2v) is 4.07. The van der Waals surface area contributed by atoms with Crippen LogP contribution in [0.1, 0.15) is 40.5 Å². The molecular formula is C9H21N. The number of hydrogen-bond donors (Lipinski definition) is 1. The molecule has 1 N–H and O–H groups in total. The first kappa shape index (κ1) is 9.96. The predicted molar refractivity (Wildman–Crippen MR) is 47.2 cm³/mol. The highest BCUT2D eigenvalue weighted by molar-refractivity contribution is 4.74. The van der Waals surface area contributed by atoms with Gasteiger partial charge in [-0.1, -0.05) is 13.8 Å². The molecule has 0 heterocycles. The molecule has 62 valence electrons. The molecule has 0 fully saturated rings. The maximum Gasteiger partial charge on any atom is 0.0122 e. The van der Waals surface area contributed by atoms with Gasteiger partial charge in [0.2, 0.25) is 0 Å². The summed E-state index contributed by atoms with van der Waals surface area (Å²) < 4.78 is 0. The monoisotopic (exact) mass is 143 g/mol. The highest BCUT2D eigenvalue weighted by Crippen LogP contribution is 2.14. The molecule has 1 nitrogen and oxygen atoms in total. The molecule has 0 saturated carbocycles. The number of nitrogens with one attached hydrogen (secondary N) is 1. The van der Waals surface area contributed by atoms with Crippen LogP contribution in [0.4, 0.5) is 0 Å². The number of hydrogen-bond acceptors (Lipinski definition) is 1. The third-order valence-electron chi connectivity index (χ3n) is 2.02. The normalized spacial score (nSPS) is 12.6. The van der Waals surface area contributed by atoms with Crippen molar-refractivity contribution >= 4 is 0 Å². The molecule has 1 heteroatoms. The van der Waals surface area contributed by atoms with Crippen molar-refractivity contribution in [2.45, 2.75) is 46.1 Å². The Morgan fingerprint density at radius 2 is 1.80 bits per heavy atom. The second kappa shape index (κ2) is 3.97. The minimum atomic E-state index is 0.324. The van der Waals surface area contributed by atoms with E-state index in [1.165, 1.54) is 12.8 Å². The summed E-state index contributed by atoms with van der Waals surface area (Å²) in [4.78, 5) is 0. The zero-order chi connectivity index (χ0) is 8.20. The molecule has 0 atom stereocenters. The molecule has 0 unspecified atom stereocenters. The zero-order valence-corrected chi connectivity index (χ0v) is 7.99. The lowest BCUT2D eigenvalue weighted by molar-refractivity contribution is 0.356. The molecule has 0 aromatic rings. The molecular weight excluding hydrogens is 122 g/mol. The van der Waals surface area contributed by atoms with Gasteiger partial charge in [-0.25, -0.2) is 0 Å². The molecule has 0 aliphatic rings. The van der Waals surface area contributed by atoms with E-state index in [-0.39, 0.29) is 0 Å². The molecule has 10 heavy (non-hydrogen) atoms. The van der Waals surface area contributed by atoms with Gasteiger partial charge in [0.1, 0.15) is 0 Å². The van der Waals surface area contributed by atoms with Gasteiger partial charge in [0.05, 0.1) is 0 Å². The lowest BCUT2D eigenvalue weighted by Gasteiger charge is -2.24. The Bertz CT molecular complexity index is 84.7.